The Morgan fingerprint density at radius 2 is 2.08 bits per heavy atom. The van der Waals surface area contributed by atoms with Crippen molar-refractivity contribution in [3.05, 3.63) is 21.4 Å². The molecule has 1 aromatic heterocycles. The Hall–Kier alpha value is 0.330. The van der Waals surface area contributed by atoms with E-state index in [1.807, 2.05) is 19.9 Å². The van der Waals surface area contributed by atoms with Crippen molar-refractivity contribution in [3.8, 4) is 0 Å². The van der Waals surface area contributed by atoms with Crippen LogP contribution in [0.3, 0.4) is 0 Å². The summed E-state index contributed by atoms with van der Waals surface area (Å²) in [5.41, 5.74) is 0.816. The van der Waals surface area contributed by atoms with Crippen LogP contribution >= 0.6 is 43.2 Å². The molecule has 0 bridgehead atoms. The zero-order chi connectivity index (χ0) is 9.30. The van der Waals surface area contributed by atoms with E-state index in [9.17, 15) is 4.79 Å². The number of hydrogen-bond acceptors (Lipinski definition) is 2. The summed E-state index contributed by atoms with van der Waals surface area (Å²) in [7, 11) is 0. The zero-order valence-corrected chi connectivity index (χ0v) is 10.7. The van der Waals surface area contributed by atoms with Crippen LogP contribution in [0.2, 0.25) is 0 Å². The van der Waals surface area contributed by atoms with E-state index in [0.717, 1.165) is 10.4 Å². The van der Waals surface area contributed by atoms with Gasteiger partial charge in [-0.1, -0.05) is 31.9 Å². The second kappa shape index (κ2) is 4.03. The van der Waals surface area contributed by atoms with Gasteiger partial charge in [0.2, 0.25) is 0 Å². The van der Waals surface area contributed by atoms with Gasteiger partial charge in [-0.2, -0.15) is 0 Å². The van der Waals surface area contributed by atoms with Gasteiger partial charge in [0.05, 0.1) is 0 Å². The molecule has 66 valence electrons. The van der Waals surface area contributed by atoms with Crippen LogP contribution in [0.15, 0.2) is 6.07 Å². The van der Waals surface area contributed by atoms with E-state index in [1.54, 1.807) is 11.3 Å². The van der Waals surface area contributed by atoms with E-state index in [0.29, 0.717) is 0 Å². The number of aryl methyl sites for hydroxylation is 2. The van der Waals surface area contributed by atoms with Gasteiger partial charge in [-0.15, -0.1) is 11.3 Å². The monoisotopic (exact) mass is 310 g/mol. The number of carbonyl (C=O) groups excluding carboxylic acids is 1. The molecule has 0 fully saturated rings. The lowest BCUT2D eigenvalue weighted by atomic mass is 10.2. The lowest BCUT2D eigenvalue weighted by Gasteiger charge is -1.98. The maximum Gasteiger partial charge on any atom is 0.188 e. The molecule has 0 radical (unpaired) electrons. The molecule has 0 aliphatic rings. The van der Waals surface area contributed by atoms with Crippen LogP contribution in [0.5, 0.6) is 0 Å². The highest BCUT2D eigenvalue weighted by molar-refractivity contribution is 9.25. The number of thiophene rings is 1. The van der Waals surface area contributed by atoms with Gasteiger partial charge in [-0.3, -0.25) is 4.79 Å². The lowest BCUT2D eigenvalue weighted by Crippen LogP contribution is -2.06. The molecule has 0 atom stereocenters. The van der Waals surface area contributed by atoms with Crippen molar-refractivity contribution in [2.75, 3.05) is 0 Å². The third-order valence-corrected chi connectivity index (χ3v) is 3.30. The van der Waals surface area contributed by atoms with Gasteiger partial charge in [-0.25, -0.2) is 0 Å². The predicted octanol–water partition coefficient (Wildman–Crippen LogP) is 3.66. The first kappa shape index (κ1) is 10.4. The molecule has 1 heterocycles. The van der Waals surface area contributed by atoms with Gasteiger partial charge >= 0.3 is 0 Å². The SMILES string of the molecule is Cc1cc(C(=O)C(Br)Br)c(C)s1. The highest BCUT2D eigenvalue weighted by atomic mass is 79.9. The van der Waals surface area contributed by atoms with Crippen LogP contribution in [0, 0.1) is 13.8 Å². The Balaban J connectivity index is 3.02. The van der Waals surface area contributed by atoms with E-state index in [1.165, 1.54) is 4.88 Å². The average molecular weight is 312 g/mol. The molecule has 0 aromatic carbocycles. The van der Waals surface area contributed by atoms with Gasteiger partial charge in [0, 0.05) is 15.3 Å². The minimum atomic E-state index is -0.266. The fraction of sp³-hybridized carbons (Fsp3) is 0.375. The van der Waals surface area contributed by atoms with Crippen molar-refractivity contribution in [1.29, 1.82) is 0 Å². The summed E-state index contributed by atoms with van der Waals surface area (Å²) in [4.78, 5) is 13.8. The fourth-order valence-corrected chi connectivity index (χ4v) is 2.42. The molecule has 0 saturated heterocycles. The third kappa shape index (κ3) is 2.18. The number of alkyl halides is 2. The molecule has 1 rings (SSSR count). The summed E-state index contributed by atoms with van der Waals surface area (Å²) in [6, 6.07) is 1.93. The van der Waals surface area contributed by atoms with Crippen LogP contribution in [0.4, 0.5) is 0 Å². The van der Waals surface area contributed by atoms with Crippen LogP contribution in [0.1, 0.15) is 20.1 Å². The second-order valence-electron chi connectivity index (χ2n) is 2.49. The Bertz CT molecular complexity index is 304. The van der Waals surface area contributed by atoms with Crippen molar-refractivity contribution in [3.63, 3.8) is 0 Å². The Labute approximate surface area is 92.4 Å². The highest BCUT2D eigenvalue weighted by Gasteiger charge is 2.17. The smallest absolute Gasteiger partial charge is 0.188 e. The molecular formula is C8H8Br2OS. The van der Waals surface area contributed by atoms with Crippen molar-refractivity contribution in [2.45, 2.75) is 17.6 Å². The van der Waals surface area contributed by atoms with Gasteiger partial charge in [0.25, 0.3) is 0 Å². The maximum absolute atomic E-state index is 11.5. The quantitative estimate of drug-likeness (QED) is 0.602. The molecule has 0 aliphatic heterocycles. The first-order valence-electron chi connectivity index (χ1n) is 3.41. The van der Waals surface area contributed by atoms with E-state index in [2.05, 4.69) is 31.9 Å². The minimum Gasteiger partial charge on any atom is -0.292 e. The van der Waals surface area contributed by atoms with Crippen molar-refractivity contribution >= 4 is 49.0 Å². The molecule has 1 nitrogen and oxygen atoms in total. The van der Waals surface area contributed by atoms with Gasteiger partial charge in [-0.05, 0) is 19.9 Å². The summed E-state index contributed by atoms with van der Waals surface area (Å²) >= 11 is 8.04. The van der Waals surface area contributed by atoms with Gasteiger partial charge in [0.15, 0.2) is 5.78 Å². The van der Waals surface area contributed by atoms with Crippen molar-refractivity contribution in [2.24, 2.45) is 0 Å². The number of rotatable bonds is 2. The lowest BCUT2D eigenvalue weighted by molar-refractivity contribution is 0.101. The summed E-state index contributed by atoms with van der Waals surface area (Å²) < 4.78 is -0.266. The van der Waals surface area contributed by atoms with E-state index >= 15 is 0 Å². The number of Topliss-reactive ketones (excluding diaryl/α,β-unsaturated/α-hetero) is 1. The van der Waals surface area contributed by atoms with Crippen LogP contribution in [-0.4, -0.2) is 9.52 Å². The van der Waals surface area contributed by atoms with Crippen LogP contribution < -0.4 is 0 Å². The molecule has 0 saturated carbocycles. The summed E-state index contributed by atoms with van der Waals surface area (Å²) in [5, 5.41) is 0. The van der Waals surface area contributed by atoms with Crippen LogP contribution in [0.25, 0.3) is 0 Å². The highest BCUT2D eigenvalue weighted by Crippen LogP contribution is 2.25. The molecule has 0 aliphatic carbocycles. The first-order chi connectivity index (χ1) is 5.52. The van der Waals surface area contributed by atoms with E-state index in [4.69, 9.17) is 0 Å². The summed E-state index contributed by atoms with van der Waals surface area (Å²) in [6.07, 6.45) is 0. The molecule has 4 heteroatoms. The normalized spacial score (nSPS) is 10.8. The maximum atomic E-state index is 11.5. The van der Waals surface area contributed by atoms with E-state index < -0.39 is 0 Å². The molecule has 0 spiro atoms. The number of carbonyl (C=O) groups is 1. The van der Waals surface area contributed by atoms with E-state index in [-0.39, 0.29) is 9.52 Å². The van der Waals surface area contributed by atoms with Crippen LogP contribution in [-0.2, 0) is 0 Å². The summed E-state index contributed by atoms with van der Waals surface area (Å²) in [5.74, 6) is 0.0943. The summed E-state index contributed by atoms with van der Waals surface area (Å²) in [6.45, 7) is 3.97. The number of ketones is 1. The minimum absolute atomic E-state index is 0.0943. The Morgan fingerprint density at radius 1 is 1.50 bits per heavy atom. The van der Waals surface area contributed by atoms with Crippen molar-refractivity contribution in [1.82, 2.24) is 0 Å². The Morgan fingerprint density at radius 3 is 2.42 bits per heavy atom. The fourth-order valence-electron chi connectivity index (χ4n) is 0.993. The largest absolute Gasteiger partial charge is 0.292 e. The number of halogens is 2. The van der Waals surface area contributed by atoms with Crippen molar-refractivity contribution < 1.29 is 4.79 Å². The molecule has 12 heavy (non-hydrogen) atoms. The Kier molecular flexibility index (Phi) is 3.49. The topological polar surface area (TPSA) is 17.1 Å². The molecule has 0 unspecified atom stereocenters. The average Bonchev–Trinajstić information content (AvgIpc) is 2.28. The first-order valence-corrected chi connectivity index (χ1v) is 6.06. The standard InChI is InChI=1S/C8H8Br2OS/c1-4-3-6(5(2)12-4)7(11)8(9)10/h3,8H,1-2H3. The third-order valence-electron chi connectivity index (χ3n) is 1.50. The second-order valence-corrected chi connectivity index (χ2v) is 7.01. The molecular weight excluding hydrogens is 304 g/mol. The predicted molar refractivity (Wildman–Crippen MR) is 59.8 cm³/mol. The zero-order valence-electron chi connectivity index (χ0n) is 6.73. The molecule has 1 aromatic rings. The van der Waals surface area contributed by atoms with Gasteiger partial charge < -0.3 is 0 Å². The number of hydrogen-bond donors (Lipinski definition) is 0. The van der Waals surface area contributed by atoms with Gasteiger partial charge in [0.1, 0.15) is 3.74 Å². The molecule has 0 amide bonds. The molecule has 0 N–H and O–H groups in total.